The molecule has 1 aromatic rings. The average Bonchev–Trinajstić information content (AvgIpc) is 2.22. The molecule has 1 amide bonds. The van der Waals surface area contributed by atoms with Gasteiger partial charge in [-0.05, 0) is 30.5 Å². The Labute approximate surface area is 99.2 Å². The highest BCUT2D eigenvalue weighted by molar-refractivity contribution is 9.09. The molecule has 0 fully saturated rings. The monoisotopic (exact) mass is 269 g/mol. The molecule has 1 aromatic carbocycles. The molecule has 0 unspecified atom stereocenters. The second-order valence-electron chi connectivity index (χ2n) is 3.43. The van der Waals surface area contributed by atoms with Gasteiger partial charge in [-0.25, -0.2) is 0 Å². The van der Waals surface area contributed by atoms with Crippen LogP contribution in [0.3, 0.4) is 0 Å². The lowest BCUT2D eigenvalue weighted by molar-refractivity contribution is -0.116. The minimum atomic E-state index is 0.0886. The number of anilines is 1. The van der Waals surface area contributed by atoms with Crippen molar-refractivity contribution in [1.82, 2.24) is 0 Å². The molecule has 0 radical (unpaired) electrons. The van der Waals surface area contributed by atoms with E-state index in [2.05, 4.69) is 21.2 Å². The van der Waals surface area contributed by atoms with Gasteiger partial charge in [-0.2, -0.15) is 0 Å². The van der Waals surface area contributed by atoms with Crippen molar-refractivity contribution in [2.75, 3.05) is 10.6 Å². The van der Waals surface area contributed by atoms with Crippen molar-refractivity contribution in [3.05, 3.63) is 29.8 Å². The fraction of sp³-hybridized carbons (Fsp3) is 0.417. The number of benzene rings is 1. The van der Waals surface area contributed by atoms with Gasteiger partial charge in [0.1, 0.15) is 0 Å². The summed E-state index contributed by atoms with van der Waals surface area (Å²) in [6.45, 7) is 2.00. The molecule has 82 valence electrons. The molecule has 0 heterocycles. The standard InChI is InChI=1S/C12H16BrNO/c1-2-3-12(15)14-11-6-4-10(5-7-11)8-9-13/h4-7H,2-3,8-9H2,1H3,(H,14,15). The molecule has 0 saturated carbocycles. The summed E-state index contributed by atoms with van der Waals surface area (Å²) in [4.78, 5) is 11.3. The van der Waals surface area contributed by atoms with Crippen LogP contribution in [0.2, 0.25) is 0 Å². The third-order valence-electron chi connectivity index (χ3n) is 2.10. The molecule has 0 atom stereocenters. The predicted octanol–water partition coefficient (Wildman–Crippen LogP) is 3.36. The molecular weight excluding hydrogens is 254 g/mol. The van der Waals surface area contributed by atoms with Gasteiger partial charge in [-0.15, -0.1) is 0 Å². The average molecular weight is 270 g/mol. The van der Waals surface area contributed by atoms with Gasteiger partial charge in [-0.1, -0.05) is 35.0 Å². The van der Waals surface area contributed by atoms with Crippen LogP contribution in [0.15, 0.2) is 24.3 Å². The molecule has 0 saturated heterocycles. The Morgan fingerprint density at radius 2 is 2.00 bits per heavy atom. The Morgan fingerprint density at radius 1 is 1.33 bits per heavy atom. The zero-order valence-corrected chi connectivity index (χ0v) is 10.5. The van der Waals surface area contributed by atoms with Crippen molar-refractivity contribution in [3.63, 3.8) is 0 Å². The van der Waals surface area contributed by atoms with E-state index < -0.39 is 0 Å². The summed E-state index contributed by atoms with van der Waals surface area (Å²) in [5, 5.41) is 3.83. The SMILES string of the molecule is CCCC(=O)Nc1ccc(CCBr)cc1. The molecule has 3 heteroatoms. The summed E-state index contributed by atoms with van der Waals surface area (Å²) < 4.78 is 0. The Balaban J connectivity index is 2.52. The van der Waals surface area contributed by atoms with Crippen molar-refractivity contribution < 1.29 is 4.79 Å². The first-order valence-corrected chi connectivity index (χ1v) is 6.33. The number of amides is 1. The van der Waals surface area contributed by atoms with E-state index in [9.17, 15) is 4.79 Å². The number of rotatable bonds is 5. The molecule has 0 aliphatic carbocycles. The summed E-state index contributed by atoms with van der Waals surface area (Å²) in [6.07, 6.45) is 2.49. The van der Waals surface area contributed by atoms with Crippen LogP contribution in [-0.2, 0) is 11.2 Å². The second-order valence-corrected chi connectivity index (χ2v) is 4.23. The van der Waals surface area contributed by atoms with E-state index in [-0.39, 0.29) is 5.91 Å². The number of carbonyl (C=O) groups excluding carboxylic acids is 1. The van der Waals surface area contributed by atoms with Crippen LogP contribution in [0.4, 0.5) is 5.69 Å². The van der Waals surface area contributed by atoms with Crippen LogP contribution in [-0.4, -0.2) is 11.2 Å². The van der Waals surface area contributed by atoms with Crippen molar-refractivity contribution in [2.45, 2.75) is 26.2 Å². The number of carbonyl (C=O) groups is 1. The van der Waals surface area contributed by atoms with Gasteiger partial charge >= 0.3 is 0 Å². The highest BCUT2D eigenvalue weighted by Gasteiger charge is 2.00. The third kappa shape index (κ3) is 4.47. The van der Waals surface area contributed by atoms with E-state index in [1.54, 1.807) is 0 Å². The third-order valence-corrected chi connectivity index (χ3v) is 2.49. The van der Waals surface area contributed by atoms with Gasteiger partial charge < -0.3 is 5.32 Å². The van der Waals surface area contributed by atoms with Gasteiger partial charge in [0, 0.05) is 17.4 Å². The first-order chi connectivity index (χ1) is 7.26. The second kappa shape index (κ2) is 6.62. The van der Waals surface area contributed by atoms with Gasteiger partial charge in [-0.3, -0.25) is 4.79 Å². The van der Waals surface area contributed by atoms with Crippen LogP contribution in [0.5, 0.6) is 0 Å². The number of alkyl halides is 1. The lowest BCUT2D eigenvalue weighted by atomic mass is 10.1. The topological polar surface area (TPSA) is 29.1 Å². The van der Waals surface area contributed by atoms with Crippen LogP contribution in [0.1, 0.15) is 25.3 Å². The maximum atomic E-state index is 11.3. The van der Waals surface area contributed by atoms with E-state index in [1.807, 2.05) is 31.2 Å². The fourth-order valence-corrected chi connectivity index (χ4v) is 1.77. The minimum absolute atomic E-state index is 0.0886. The maximum absolute atomic E-state index is 11.3. The van der Waals surface area contributed by atoms with E-state index in [0.717, 1.165) is 23.9 Å². The van der Waals surface area contributed by atoms with Crippen molar-refractivity contribution >= 4 is 27.5 Å². The highest BCUT2D eigenvalue weighted by atomic mass is 79.9. The fourth-order valence-electron chi connectivity index (χ4n) is 1.31. The summed E-state index contributed by atoms with van der Waals surface area (Å²) in [7, 11) is 0. The Bertz CT molecular complexity index is 308. The molecule has 0 aliphatic heterocycles. The summed E-state index contributed by atoms with van der Waals surface area (Å²) in [5.74, 6) is 0.0886. The van der Waals surface area contributed by atoms with E-state index in [4.69, 9.17) is 0 Å². The minimum Gasteiger partial charge on any atom is -0.326 e. The van der Waals surface area contributed by atoms with E-state index >= 15 is 0 Å². The maximum Gasteiger partial charge on any atom is 0.224 e. The lowest BCUT2D eigenvalue weighted by Gasteiger charge is -2.05. The summed E-state index contributed by atoms with van der Waals surface area (Å²) in [6, 6.07) is 7.99. The van der Waals surface area contributed by atoms with Gasteiger partial charge in [0.2, 0.25) is 5.91 Å². The highest BCUT2D eigenvalue weighted by Crippen LogP contribution is 2.11. The zero-order chi connectivity index (χ0) is 11.1. The van der Waals surface area contributed by atoms with E-state index in [1.165, 1.54) is 5.56 Å². The molecular formula is C12H16BrNO. The quantitative estimate of drug-likeness (QED) is 0.817. The summed E-state index contributed by atoms with van der Waals surface area (Å²) in [5.41, 5.74) is 2.16. The molecule has 15 heavy (non-hydrogen) atoms. The molecule has 1 rings (SSSR count). The smallest absolute Gasteiger partial charge is 0.224 e. The molecule has 1 N–H and O–H groups in total. The molecule has 0 aromatic heterocycles. The van der Waals surface area contributed by atoms with E-state index in [0.29, 0.717) is 6.42 Å². The van der Waals surface area contributed by atoms with Gasteiger partial charge in [0.25, 0.3) is 0 Å². The zero-order valence-electron chi connectivity index (χ0n) is 8.92. The summed E-state index contributed by atoms with van der Waals surface area (Å²) >= 11 is 3.40. The number of halogens is 1. The Kier molecular flexibility index (Phi) is 5.40. The van der Waals surface area contributed by atoms with Crippen LogP contribution in [0, 0.1) is 0 Å². The van der Waals surface area contributed by atoms with Crippen LogP contribution >= 0.6 is 15.9 Å². The Hall–Kier alpha value is -0.830. The number of aryl methyl sites for hydroxylation is 1. The van der Waals surface area contributed by atoms with Crippen molar-refractivity contribution in [3.8, 4) is 0 Å². The first kappa shape index (κ1) is 12.2. The van der Waals surface area contributed by atoms with Crippen molar-refractivity contribution in [2.24, 2.45) is 0 Å². The molecule has 0 spiro atoms. The van der Waals surface area contributed by atoms with Gasteiger partial charge in [0.05, 0.1) is 0 Å². The van der Waals surface area contributed by atoms with Crippen molar-refractivity contribution in [1.29, 1.82) is 0 Å². The van der Waals surface area contributed by atoms with Gasteiger partial charge in [0.15, 0.2) is 0 Å². The van der Waals surface area contributed by atoms with Crippen LogP contribution < -0.4 is 5.32 Å². The first-order valence-electron chi connectivity index (χ1n) is 5.21. The molecule has 0 bridgehead atoms. The normalized spacial score (nSPS) is 10.0. The number of nitrogens with one attached hydrogen (secondary N) is 1. The predicted molar refractivity (Wildman–Crippen MR) is 67.5 cm³/mol. The molecule has 0 aliphatic rings. The van der Waals surface area contributed by atoms with Crippen LogP contribution in [0.25, 0.3) is 0 Å². The lowest BCUT2D eigenvalue weighted by Crippen LogP contribution is -2.10. The largest absolute Gasteiger partial charge is 0.326 e. The Morgan fingerprint density at radius 3 is 2.53 bits per heavy atom. The molecule has 2 nitrogen and oxygen atoms in total. The number of hydrogen-bond donors (Lipinski definition) is 1. The number of hydrogen-bond acceptors (Lipinski definition) is 1.